The average Bonchev–Trinajstić information content (AvgIpc) is 3.13. The van der Waals surface area contributed by atoms with Crippen LogP contribution in [0.15, 0.2) is 52.2 Å². The zero-order valence-corrected chi connectivity index (χ0v) is 21.2. The van der Waals surface area contributed by atoms with E-state index >= 15 is 0 Å². The lowest BCUT2D eigenvalue weighted by Crippen LogP contribution is -2.50. The van der Waals surface area contributed by atoms with Crippen LogP contribution in [0.1, 0.15) is 87.2 Å². The summed E-state index contributed by atoms with van der Waals surface area (Å²) in [4.78, 5) is 48.2. The van der Waals surface area contributed by atoms with E-state index in [1.165, 1.54) is 76.1 Å². The van der Waals surface area contributed by atoms with Gasteiger partial charge in [-0.2, -0.15) is 0 Å². The summed E-state index contributed by atoms with van der Waals surface area (Å²) in [5.74, 6) is -0.563. The Morgan fingerprint density at radius 3 is 2.24 bits per heavy atom. The molecule has 2 unspecified atom stereocenters. The molecule has 2 bridgehead atoms. The van der Waals surface area contributed by atoms with Crippen molar-refractivity contribution in [2.24, 2.45) is 0 Å². The Morgan fingerprint density at radius 2 is 1.54 bits per heavy atom. The first kappa shape index (κ1) is 24.1. The van der Waals surface area contributed by atoms with Crippen molar-refractivity contribution < 1.29 is 4.79 Å². The highest BCUT2D eigenvalue weighted by molar-refractivity contribution is 6.03. The molecule has 1 aromatic carbocycles. The second-order valence-electron chi connectivity index (χ2n) is 11.0. The molecular weight excluding hydrogens is 466 g/mol. The molecule has 8 nitrogen and oxygen atoms in total. The van der Waals surface area contributed by atoms with Gasteiger partial charge in [0.1, 0.15) is 0 Å². The van der Waals surface area contributed by atoms with Gasteiger partial charge in [-0.25, -0.2) is 4.98 Å². The number of rotatable bonds is 4. The zero-order chi connectivity index (χ0) is 25.4. The number of fused-ring (bicyclic) bond motifs is 3. The fraction of sp³-hybridized carbons (Fsp3) is 0.517. The third kappa shape index (κ3) is 4.75. The number of anilines is 1. The van der Waals surface area contributed by atoms with Crippen molar-refractivity contribution in [1.82, 2.24) is 19.4 Å². The molecule has 3 aromatic rings. The van der Waals surface area contributed by atoms with Crippen LogP contribution in [-0.4, -0.2) is 43.5 Å². The number of carbonyl (C=O) groups is 1. The topological polar surface area (TPSA) is 100 Å². The molecule has 2 saturated heterocycles. The van der Waals surface area contributed by atoms with Crippen LogP contribution in [0.25, 0.3) is 11.0 Å². The SMILES string of the molecule is O=C(Nc1ccc(=O)[nH]c1)c1nc2ccccc2n(C2CC3CCC(C2)N3C2CCCCCCC2)c1=O. The van der Waals surface area contributed by atoms with E-state index in [0.717, 1.165) is 18.4 Å². The van der Waals surface area contributed by atoms with Crippen LogP contribution in [0.2, 0.25) is 0 Å². The molecule has 37 heavy (non-hydrogen) atoms. The summed E-state index contributed by atoms with van der Waals surface area (Å²) >= 11 is 0. The normalized spacial score (nSPS) is 25.0. The van der Waals surface area contributed by atoms with Crippen LogP contribution in [0, 0.1) is 0 Å². The maximum Gasteiger partial charge on any atom is 0.282 e. The Kier molecular flexibility index (Phi) is 6.67. The van der Waals surface area contributed by atoms with Gasteiger partial charge in [-0.3, -0.25) is 19.3 Å². The summed E-state index contributed by atoms with van der Waals surface area (Å²) < 4.78 is 1.85. The Morgan fingerprint density at radius 1 is 0.838 bits per heavy atom. The van der Waals surface area contributed by atoms with Gasteiger partial charge in [-0.15, -0.1) is 0 Å². The number of carbonyl (C=O) groups excluding carboxylic acids is 1. The minimum atomic E-state index is -0.563. The third-order valence-corrected chi connectivity index (χ3v) is 8.68. The molecule has 1 saturated carbocycles. The van der Waals surface area contributed by atoms with Gasteiger partial charge in [-0.05, 0) is 56.7 Å². The lowest BCUT2D eigenvalue weighted by molar-refractivity contribution is 0.0497. The van der Waals surface area contributed by atoms with E-state index < -0.39 is 5.91 Å². The molecule has 2 aromatic heterocycles. The number of nitrogens with one attached hydrogen (secondary N) is 2. The first-order chi connectivity index (χ1) is 18.1. The number of nitrogens with zero attached hydrogens (tertiary/aromatic N) is 3. The van der Waals surface area contributed by atoms with E-state index in [1.807, 2.05) is 28.8 Å². The summed E-state index contributed by atoms with van der Waals surface area (Å²) in [6, 6.07) is 12.2. The molecule has 3 fully saturated rings. The van der Waals surface area contributed by atoms with Crippen molar-refractivity contribution in [1.29, 1.82) is 0 Å². The van der Waals surface area contributed by atoms with Crippen LogP contribution in [0.5, 0.6) is 0 Å². The molecule has 1 amide bonds. The van der Waals surface area contributed by atoms with Crippen molar-refractivity contribution >= 4 is 22.6 Å². The summed E-state index contributed by atoms with van der Waals surface area (Å²) in [7, 11) is 0. The largest absolute Gasteiger partial charge is 0.327 e. The van der Waals surface area contributed by atoms with Crippen molar-refractivity contribution in [2.45, 2.75) is 94.8 Å². The number of aromatic amines is 1. The highest BCUT2D eigenvalue weighted by atomic mass is 16.2. The predicted octanol–water partition coefficient (Wildman–Crippen LogP) is 4.62. The number of benzene rings is 1. The number of H-pyrrole nitrogens is 1. The monoisotopic (exact) mass is 501 g/mol. The van der Waals surface area contributed by atoms with Gasteiger partial charge < -0.3 is 14.9 Å². The minimum absolute atomic E-state index is 0.0438. The fourth-order valence-electron chi connectivity index (χ4n) is 7.07. The number of hydrogen-bond acceptors (Lipinski definition) is 5. The van der Waals surface area contributed by atoms with E-state index in [-0.39, 0.29) is 22.9 Å². The lowest BCUT2D eigenvalue weighted by Gasteiger charge is -2.45. The Labute approximate surface area is 216 Å². The number of piperidine rings is 1. The molecule has 1 aliphatic carbocycles. The zero-order valence-electron chi connectivity index (χ0n) is 21.2. The highest BCUT2D eigenvalue weighted by Gasteiger charge is 2.44. The lowest BCUT2D eigenvalue weighted by atomic mass is 9.89. The number of amides is 1. The maximum absolute atomic E-state index is 13.8. The summed E-state index contributed by atoms with van der Waals surface area (Å²) in [5, 5.41) is 2.72. The molecule has 2 atom stereocenters. The van der Waals surface area contributed by atoms with Crippen molar-refractivity contribution in [2.75, 3.05) is 5.32 Å². The van der Waals surface area contributed by atoms with Gasteiger partial charge in [0.15, 0.2) is 5.69 Å². The van der Waals surface area contributed by atoms with Crippen molar-refractivity contribution in [3.8, 4) is 0 Å². The van der Waals surface area contributed by atoms with Crippen LogP contribution < -0.4 is 16.4 Å². The first-order valence-corrected chi connectivity index (χ1v) is 13.9. The standard InChI is InChI=1S/C29H35N5O3/c35-26-15-12-19(18-30-26)31-28(36)27-29(37)34(25-11-7-6-10-24(25)32-27)23-16-21-13-14-22(17-23)33(21)20-8-4-2-1-3-5-9-20/h6-7,10-12,15,18,20-23H,1-5,8-9,13-14,16-17H2,(H,30,35)(H,31,36). The van der Waals surface area contributed by atoms with Gasteiger partial charge in [-0.1, -0.05) is 44.2 Å². The predicted molar refractivity (Wildman–Crippen MR) is 144 cm³/mol. The van der Waals surface area contributed by atoms with E-state index in [9.17, 15) is 14.4 Å². The molecule has 2 N–H and O–H groups in total. The molecule has 4 heterocycles. The molecule has 194 valence electrons. The Balaban J connectivity index is 1.32. The summed E-state index contributed by atoms with van der Waals surface area (Å²) in [6.45, 7) is 0. The first-order valence-electron chi connectivity index (χ1n) is 13.9. The molecule has 6 rings (SSSR count). The van der Waals surface area contributed by atoms with Crippen LogP contribution >= 0.6 is 0 Å². The van der Waals surface area contributed by atoms with Crippen LogP contribution in [0.4, 0.5) is 5.69 Å². The molecule has 2 aliphatic heterocycles. The number of pyridine rings is 1. The molecule has 8 heteroatoms. The van der Waals surface area contributed by atoms with Gasteiger partial charge >= 0.3 is 0 Å². The van der Waals surface area contributed by atoms with E-state index in [1.54, 1.807) is 0 Å². The average molecular weight is 502 g/mol. The molecule has 0 spiro atoms. The second kappa shape index (κ2) is 10.2. The van der Waals surface area contributed by atoms with Gasteiger partial charge in [0, 0.05) is 36.4 Å². The summed E-state index contributed by atoms with van der Waals surface area (Å²) in [6.07, 6.45) is 15.0. The Bertz CT molecular complexity index is 1370. The highest BCUT2D eigenvalue weighted by Crippen LogP contribution is 2.44. The van der Waals surface area contributed by atoms with Gasteiger partial charge in [0.05, 0.1) is 16.7 Å². The molecular formula is C29H35N5O3. The van der Waals surface area contributed by atoms with Gasteiger partial charge in [0.25, 0.3) is 11.5 Å². The van der Waals surface area contributed by atoms with E-state index in [4.69, 9.17) is 0 Å². The van der Waals surface area contributed by atoms with Crippen LogP contribution in [-0.2, 0) is 0 Å². The van der Waals surface area contributed by atoms with Crippen molar-refractivity contribution in [3.63, 3.8) is 0 Å². The molecule has 3 aliphatic rings. The number of hydrogen-bond donors (Lipinski definition) is 2. The second-order valence-corrected chi connectivity index (χ2v) is 11.0. The number of aromatic nitrogens is 3. The van der Waals surface area contributed by atoms with E-state index in [2.05, 4.69) is 20.2 Å². The fourth-order valence-corrected chi connectivity index (χ4v) is 7.07. The summed E-state index contributed by atoms with van der Waals surface area (Å²) in [5.41, 5.74) is 1.13. The molecule has 0 radical (unpaired) electrons. The smallest absolute Gasteiger partial charge is 0.282 e. The maximum atomic E-state index is 13.8. The van der Waals surface area contributed by atoms with Crippen molar-refractivity contribution in [3.05, 3.63) is 69.0 Å². The third-order valence-electron chi connectivity index (χ3n) is 8.68. The van der Waals surface area contributed by atoms with Crippen LogP contribution in [0.3, 0.4) is 0 Å². The Hall–Kier alpha value is -3.26. The minimum Gasteiger partial charge on any atom is -0.327 e. The van der Waals surface area contributed by atoms with E-state index in [0.29, 0.717) is 29.3 Å². The number of para-hydroxylation sites is 2. The quantitative estimate of drug-likeness (QED) is 0.544. The van der Waals surface area contributed by atoms with Gasteiger partial charge in [0.2, 0.25) is 5.56 Å².